The van der Waals surface area contributed by atoms with Crippen LogP contribution in [0.4, 0.5) is 0 Å². The molecule has 14 rings (SSSR count). The zero-order valence-corrected chi connectivity index (χ0v) is 40.7. The van der Waals surface area contributed by atoms with E-state index in [2.05, 4.69) is 19.9 Å². The molecule has 6 aromatic rings. The van der Waals surface area contributed by atoms with Crippen LogP contribution >= 0.6 is 0 Å². The fraction of sp³-hybridized carbons (Fsp3) is 0.286. The van der Waals surface area contributed by atoms with Gasteiger partial charge in [0.15, 0.2) is 23.0 Å². The van der Waals surface area contributed by atoms with E-state index < -0.39 is 0 Å². The van der Waals surface area contributed by atoms with E-state index in [1.54, 1.807) is 0 Å². The van der Waals surface area contributed by atoms with Crippen LogP contribution in [-0.2, 0) is 28.4 Å². The highest BCUT2D eigenvalue weighted by Crippen LogP contribution is 2.32. The van der Waals surface area contributed by atoms with Gasteiger partial charge in [-0.15, -0.1) is 0 Å². The van der Waals surface area contributed by atoms with E-state index in [0.29, 0.717) is 151 Å². The molecule has 8 aliphatic heterocycles. The first-order valence-electron chi connectivity index (χ1n) is 24.8. The molecule has 0 unspecified atom stereocenters. The molecule has 380 valence electrons. The second-order valence-corrected chi connectivity index (χ2v) is 17.3. The first-order chi connectivity index (χ1) is 36.6. The van der Waals surface area contributed by atoms with Crippen molar-refractivity contribution in [1.29, 1.82) is 0 Å². The molecule has 18 nitrogen and oxygen atoms in total. The highest BCUT2D eigenvalue weighted by atomic mass is 16.6. The van der Waals surface area contributed by atoms with Crippen molar-refractivity contribution in [3.05, 3.63) is 118 Å². The van der Waals surface area contributed by atoms with Crippen molar-refractivity contribution >= 4 is 92.7 Å². The molecule has 14 heterocycles. The predicted molar refractivity (Wildman–Crippen MR) is 285 cm³/mol. The van der Waals surface area contributed by atoms with Crippen LogP contribution in [0.5, 0.6) is 23.0 Å². The Balaban J connectivity index is 0.791. The van der Waals surface area contributed by atoms with Crippen LogP contribution in [0.1, 0.15) is 45.6 Å². The number of nitrogens with zero attached hydrogens (tertiary/aromatic N) is 4. The summed E-state index contributed by atoms with van der Waals surface area (Å²) in [6.45, 7) is 5.85. The van der Waals surface area contributed by atoms with E-state index in [-0.39, 0.29) is 0 Å². The smallest absolute Gasteiger partial charge is 0.170 e. The summed E-state index contributed by atoms with van der Waals surface area (Å²) in [5, 5.41) is 0. The standard InChI is InChI=1S/C56H56N8O10/c1-9-45-53-46-11-3-39(59-46)34-40-4-12-48(60-40)54(47-10-2-38(58-47)33-37(1)57-45)72-30-26-68-22-19-66-20-24-70-28-32-74-56-51-15-7-43(63-51)35-41-5-13-49(61-41)55(50-14-6-42(62-50)36-44-8-16-52(56)64-44)73-31-27-69-23-18-65-17-21-67-25-29-71-53/h1-16,33-36,57,59,61-62H,17-32H2. The summed E-state index contributed by atoms with van der Waals surface area (Å²) >= 11 is 0. The van der Waals surface area contributed by atoms with Gasteiger partial charge in [-0.25, -0.2) is 19.9 Å². The Morgan fingerprint density at radius 1 is 0.257 bits per heavy atom. The normalized spacial score (nSPS) is 16.8. The molecule has 4 N–H and O–H groups in total. The van der Waals surface area contributed by atoms with Crippen molar-refractivity contribution in [3.63, 3.8) is 0 Å². The van der Waals surface area contributed by atoms with E-state index in [0.717, 1.165) is 66.9 Å². The highest BCUT2D eigenvalue weighted by molar-refractivity contribution is 5.85. The lowest BCUT2D eigenvalue weighted by atomic mass is 10.3. The first-order valence-corrected chi connectivity index (χ1v) is 24.8. The van der Waals surface area contributed by atoms with Gasteiger partial charge in [0.2, 0.25) is 0 Å². The minimum Gasteiger partial charge on any atom is -0.487 e. The summed E-state index contributed by atoms with van der Waals surface area (Å²) in [6.07, 6.45) is 15.6. The van der Waals surface area contributed by atoms with Gasteiger partial charge in [-0.3, -0.25) is 0 Å². The molecule has 8 aliphatic rings. The van der Waals surface area contributed by atoms with Crippen LogP contribution in [0, 0.1) is 0 Å². The van der Waals surface area contributed by atoms with E-state index in [1.165, 1.54) is 0 Å². The minimum atomic E-state index is 0.290. The van der Waals surface area contributed by atoms with Crippen molar-refractivity contribution in [2.45, 2.75) is 0 Å². The highest BCUT2D eigenvalue weighted by Gasteiger charge is 2.16. The third-order valence-corrected chi connectivity index (χ3v) is 12.0. The molecule has 0 saturated heterocycles. The fourth-order valence-electron chi connectivity index (χ4n) is 8.54. The fourth-order valence-corrected chi connectivity index (χ4v) is 8.54. The molecule has 0 saturated carbocycles. The van der Waals surface area contributed by atoms with Crippen molar-refractivity contribution in [2.24, 2.45) is 0 Å². The van der Waals surface area contributed by atoms with Gasteiger partial charge in [0, 0.05) is 22.1 Å². The van der Waals surface area contributed by atoms with Crippen molar-refractivity contribution in [2.75, 3.05) is 106 Å². The van der Waals surface area contributed by atoms with Gasteiger partial charge in [-0.2, -0.15) is 0 Å². The molecule has 20 bridgehead atoms. The second-order valence-electron chi connectivity index (χ2n) is 17.3. The van der Waals surface area contributed by atoms with Crippen LogP contribution in [0.25, 0.3) is 92.7 Å². The molecule has 0 atom stereocenters. The maximum Gasteiger partial charge on any atom is 0.170 e. The van der Waals surface area contributed by atoms with Crippen molar-refractivity contribution < 1.29 is 47.4 Å². The Kier molecular flexibility index (Phi) is 15.6. The number of ether oxygens (including phenoxy) is 10. The summed E-state index contributed by atoms with van der Waals surface area (Å²) < 4.78 is 60.6. The van der Waals surface area contributed by atoms with Gasteiger partial charge in [0.1, 0.15) is 49.2 Å². The predicted octanol–water partition coefficient (Wildman–Crippen LogP) is 8.95. The number of aromatic amines is 4. The Morgan fingerprint density at radius 3 is 0.743 bits per heavy atom. The molecular weight excluding hydrogens is 945 g/mol. The maximum absolute atomic E-state index is 6.39. The minimum absolute atomic E-state index is 0.290. The number of H-pyrrole nitrogens is 4. The Morgan fingerprint density at radius 2 is 0.486 bits per heavy atom. The first kappa shape index (κ1) is 48.4. The van der Waals surface area contributed by atoms with Gasteiger partial charge in [-0.05, 0) is 121 Å². The van der Waals surface area contributed by atoms with Gasteiger partial charge in [0.25, 0.3) is 0 Å². The van der Waals surface area contributed by atoms with Gasteiger partial charge >= 0.3 is 0 Å². The average Bonchev–Trinajstić information content (AvgIpc) is 4.25. The number of rotatable bonds is 0. The Labute approximate surface area is 425 Å². The maximum atomic E-state index is 6.39. The average molecular weight is 1000 g/mol. The monoisotopic (exact) mass is 1000 g/mol. The van der Waals surface area contributed by atoms with Gasteiger partial charge in [-0.1, -0.05) is 0 Å². The van der Waals surface area contributed by atoms with Gasteiger partial charge in [0.05, 0.1) is 124 Å². The number of hydrogen-bond acceptors (Lipinski definition) is 14. The van der Waals surface area contributed by atoms with E-state index in [1.807, 2.05) is 121 Å². The number of aromatic nitrogens is 8. The van der Waals surface area contributed by atoms with E-state index in [9.17, 15) is 0 Å². The zero-order chi connectivity index (χ0) is 49.7. The third-order valence-electron chi connectivity index (χ3n) is 12.0. The number of nitrogens with one attached hydrogen (secondary N) is 4. The van der Waals surface area contributed by atoms with Crippen LogP contribution in [0.3, 0.4) is 0 Å². The number of hydrogen-bond donors (Lipinski definition) is 4. The molecular formula is C56H56N8O10. The Bertz CT molecular complexity index is 3010. The summed E-state index contributed by atoms with van der Waals surface area (Å²) in [5.41, 5.74) is 12.4. The molecule has 0 spiro atoms. The van der Waals surface area contributed by atoms with Crippen LogP contribution in [-0.4, -0.2) is 146 Å². The molecule has 74 heavy (non-hydrogen) atoms. The van der Waals surface area contributed by atoms with Gasteiger partial charge < -0.3 is 67.3 Å². The van der Waals surface area contributed by atoms with Crippen LogP contribution in [0.15, 0.2) is 72.8 Å². The topological polar surface area (TPSA) is 207 Å². The summed E-state index contributed by atoms with van der Waals surface area (Å²) in [5.74, 6) is 2.45. The van der Waals surface area contributed by atoms with Crippen LogP contribution in [0.2, 0.25) is 0 Å². The quantitative estimate of drug-likeness (QED) is 0.112. The van der Waals surface area contributed by atoms with Crippen molar-refractivity contribution in [1.82, 2.24) is 39.9 Å². The summed E-state index contributed by atoms with van der Waals surface area (Å²) in [7, 11) is 0. The lowest BCUT2D eigenvalue weighted by Gasteiger charge is -2.10. The molecule has 0 aromatic carbocycles. The second kappa shape index (κ2) is 23.8. The summed E-state index contributed by atoms with van der Waals surface area (Å²) in [6, 6.07) is 23.9. The SMILES string of the molecule is C1=Cc2nc1cc1ccc([nH]1)c1c3ccc(cc4nc(c2OCCOCCOCCOCCOc2c5nc(cc6ccc([nH]6)c(c6ccc(cc7nc2C=C7)[nH]6)OCCOCCOCCOCCO1)C=C5)C=C4)[nH]3. The molecule has 0 fully saturated rings. The molecule has 0 amide bonds. The molecule has 18 heteroatoms. The lowest BCUT2D eigenvalue weighted by Crippen LogP contribution is -2.14. The van der Waals surface area contributed by atoms with Crippen molar-refractivity contribution in [3.8, 4) is 23.0 Å². The summed E-state index contributed by atoms with van der Waals surface area (Å²) in [4.78, 5) is 33.6. The lowest BCUT2D eigenvalue weighted by molar-refractivity contribution is 0.00491. The largest absolute Gasteiger partial charge is 0.487 e. The van der Waals surface area contributed by atoms with E-state index >= 15 is 0 Å². The van der Waals surface area contributed by atoms with Crippen LogP contribution < -0.4 is 18.9 Å². The molecule has 0 radical (unpaired) electrons. The molecule has 6 aromatic heterocycles. The molecule has 0 aliphatic carbocycles. The van der Waals surface area contributed by atoms with E-state index in [4.69, 9.17) is 67.3 Å². The zero-order valence-electron chi connectivity index (χ0n) is 40.7. The third kappa shape index (κ3) is 12.3. The Hall–Kier alpha value is -7.84.